The molecule has 0 unspecified atom stereocenters. The Labute approximate surface area is 108 Å². The molecule has 4 nitrogen and oxygen atoms in total. The zero-order valence-corrected chi connectivity index (χ0v) is 11.5. The van der Waals surface area contributed by atoms with Crippen LogP contribution in [0.25, 0.3) is 0 Å². The lowest BCUT2D eigenvalue weighted by atomic mass is 9.79. The summed E-state index contributed by atoms with van der Waals surface area (Å²) in [7, 11) is 3.17. The predicted octanol–water partition coefficient (Wildman–Crippen LogP) is 2.76. The number of carboxylic acid groups (broad SMARTS) is 1. The van der Waals surface area contributed by atoms with Crippen molar-refractivity contribution in [1.29, 1.82) is 0 Å². The predicted molar refractivity (Wildman–Crippen MR) is 69.6 cm³/mol. The molecule has 0 spiro atoms. The fourth-order valence-electron chi connectivity index (χ4n) is 2.17. The molecule has 1 rings (SSSR count). The number of rotatable bonds is 5. The van der Waals surface area contributed by atoms with Crippen LogP contribution in [0.2, 0.25) is 0 Å². The van der Waals surface area contributed by atoms with Crippen molar-refractivity contribution in [2.75, 3.05) is 14.2 Å². The van der Waals surface area contributed by atoms with E-state index in [0.717, 1.165) is 11.1 Å². The van der Waals surface area contributed by atoms with Gasteiger partial charge in [-0.15, -0.1) is 0 Å². The highest BCUT2D eigenvalue weighted by atomic mass is 16.5. The Balaban J connectivity index is 3.33. The van der Waals surface area contributed by atoms with Crippen LogP contribution in [-0.2, 0) is 10.2 Å². The molecule has 0 heterocycles. The maximum Gasteiger partial charge on any atom is 0.304 e. The number of carboxylic acids is 1. The van der Waals surface area contributed by atoms with Crippen molar-refractivity contribution in [2.45, 2.75) is 32.6 Å². The van der Waals surface area contributed by atoms with Gasteiger partial charge in [0.15, 0.2) is 0 Å². The van der Waals surface area contributed by atoms with Crippen LogP contribution in [0.4, 0.5) is 0 Å². The van der Waals surface area contributed by atoms with Crippen molar-refractivity contribution < 1.29 is 19.4 Å². The normalized spacial score (nSPS) is 11.2. The molecule has 0 radical (unpaired) electrons. The lowest BCUT2D eigenvalue weighted by Gasteiger charge is -2.26. The van der Waals surface area contributed by atoms with Crippen molar-refractivity contribution >= 4 is 5.97 Å². The molecular weight excluding hydrogens is 232 g/mol. The van der Waals surface area contributed by atoms with E-state index in [1.54, 1.807) is 20.3 Å². The van der Waals surface area contributed by atoms with Gasteiger partial charge < -0.3 is 14.6 Å². The van der Waals surface area contributed by atoms with Crippen molar-refractivity contribution in [1.82, 2.24) is 0 Å². The third kappa shape index (κ3) is 2.94. The summed E-state index contributed by atoms with van der Waals surface area (Å²) in [5.41, 5.74) is 1.41. The number of methoxy groups -OCH3 is 2. The first-order chi connectivity index (χ1) is 8.31. The molecule has 100 valence electrons. The second-order valence-electron chi connectivity index (χ2n) is 4.96. The zero-order chi connectivity index (χ0) is 13.9. The standard InChI is InChI=1S/C14H20O4/c1-9-11(14(2,3)8-13(15)16)6-10(17-4)7-12(9)18-5/h6-7H,8H2,1-5H3,(H,15,16). The molecule has 0 bridgehead atoms. The summed E-state index contributed by atoms with van der Waals surface area (Å²) in [6, 6.07) is 3.68. The molecule has 1 aromatic rings. The molecule has 0 atom stereocenters. The van der Waals surface area contributed by atoms with Crippen LogP contribution in [0.5, 0.6) is 11.5 Å². The Morgan fingerprint density at radius 2 is 1.89 bits per heavy atom. The number of carbonyl (C=O) groups is 1. The Bertz CT molecular complexity index is 449. The molecule has 18 heavy (non-hydrogen) atoms. The summed E-state index contributed by atoms with van der Waals surface area (Å²) in [6.07, 6.45) is 0.0597. The van der Waals surface area contributed by atoms with Gasteiger partial charge in [0.2, 0.25) is 0 Å². The average molecular weight is 252 g/mol. The molecule has 0 amide bonds. The molecule has 0 aliphatic rings. The van der Waals surface area contributed by atoms with Gasteiger partial charge in [-0.2, -0.15) is 0 Å². The highest BCUT2D eigenvalue weighted by Gasteiger charge is 2.27. The Kier molecular flexibility index (Phi) is 4.22. The highest BCUT2D eigenvalue weighted by molar-refractivity contribution is 5.69. The topological polar surface area (TPSA) is 55.8 Å². The largest absolute Gasteiger partial charge is 0.497 e. The lowest BCUT2D eigenvalue weighted by molar-refractivity contribution is -0.138. The number of hydrogen-bond acceptors (Lipinski definition) is 3. The minimum atomic E-state index is -0.818. The van der Waals surface area contributed by atoms with E-state index in [1.165, 1.54) is 0 Å². The minimum absolute atomic E-state index is 0.0597. The van der Waals surface area contributed by atoms with Gasteiger partial charge in [-0.25, -0.2) is 0 Å². The average Bonchev–Trinajstić information content (AvgIpc) is 2.27. The lowest BCUT2D eigenvalue weighted by Crippen LogP contribution is -2.23. The van der Waals surface area contributed by atoms with Crippen LogP contribution in [0.3, 0.4) is 0 Å². The summed E-state index contributed by atoms with van der Waals surface area (Å²) >= 11 is 0. The minimum Gasteiger partial charge on any atom is -0.497 e. The van der Waals surface area contributed by atoms with Gasteiger partial charge in [-0.3, -0.25) is 4.79 Å². The number of benzene rings is 1. The summed E-state index contributed by atoms with van der Waals surface area (Å²) in [6.45, 7) is 5.74. The summed E-state index contributed by atoms with van der Waals surface area (Å²) in [4.78, 5) is 10.9. The van der Waals surface area contributed by atoms with Gasteiger partial charge in [0.05, 0.1) is 20.6 Å². The Morgan fingerprint density at radius 3 is 2.33 bits per heavy atom. The molecule has 4 heteroatoms. The van der Waals surface area contributed by atoms with Crippen LogP contribution in [0, 0.1) is 6.92 Å². The second kappa shape index (κ2) is 5.29. The van der Waals surface area contributed by atoms with E-state index in [2.05, 4.69) is 0 Å². The van der Waals surface area contributed by atoms with Gasteiger partial charge in [-0.1, -0.05) is 13.8 Å². The quantitative estimate of drug-likeness (QED) is 0.875. The van der Waals surface area contributed by atoms with E-state index in [9.17, 15) is 4.79 Å². The monoisotopic (exact) mass is 252 g/mol. The van der Waals surface area contributed by atoms with E-state index in [1.807, 2.05) is 26.8 Å². The molecule has 0 aliphatic carbocycles. The van der Waals surface area contributed by atoms with Crippen LogP contribution in [-0.4, -0.2) is 25.3 Å². The zero-order valence-electron chi connectivity index (χ0n) is 11.5. The molecule has 1 N–H and O–H groups in total. The van der Waals surface area contributed by atoms with E-state index in [0.29, 0.717) is 11.5 Å². The molecular formula is C14H20O4. The highest BCUT2D eigenvalue weighted by Crippen LogP contribution is 2.37. The van der Waals surface area contributed by atoms with Crippen molar-refractivity contribution in [3.05, 3.63) is 23.3 Å². The Hall–Kier alpha value is -1.71. The SMILES string of the molecule is COc1cc(OC)c(C)c(C(C)(C)CC(=O)O)c1. The maximum absolute atomic E-state index is 10.9. The fourth-order valence-corrected chi connectivity index (χ4v) is 2.17. The van der Waals surface area contributed by atoms with Crippen LogP contribution in [0.15, 0.2) is 12.1 Å². The molecule has 0 saturated heterocycles. The summed E-state index contributed by atoms with van der Waals surface area (Å²) in [5, 5.41) is 8.99. The van der Waals surface area contributed by atoms with Crippen LogP contribution in [0.1, 0.15) is 31.4 Å². The van der Waals surface area contributed by atoms with Gasteiger partial charge >= 0.3 is 5.97 Å². The summed E-state index contributed by atoms with van der Waals surface area (Å²) in [5.74, 6) is 0.565. The van der Waals surface area contributed by atoms with Crippen molar-refractivity contribution in [3.63, 3.8) is 0 Å². The van der Waals surface area contributed by atoms with Crippen molar-refractivity contribution in [3.8, 4) is 11.5 Å². The third-order valence-corrected chi connectivity index (χ3v) is 3.11. The molecule has 0 saturated carbocycles. The smallest absolute Gasteiger partial charge is 0.304 e. The van der Waals surface area contributed by atoms with E-state index < -0.39 is 11.4 Å². The van der Waals surface area contributed by atoms with E-state index in [-0.39, 0.29) is 6.42 Å². The van der Waals surface area contributed by atoms with Gasteiger partial charge in [0.1, 0.15) is 11.5 Å². The number of aliphatic carboxylic acids is 1. The molecule has 0 fully saturated rings. The maximum atomic E-state index is 10.9. The number of ether oxygens (including phenoxy) is 2. The first-order valence-electron chi connectivity index (χ1n) is 5.76. The number of hydrogen-bond donors (Lipinski definition) is 1. The summed E-state index contributed by atoms with van der Waals surface area (Å²) < 4.78 is 10.5. The van der Waals surface area contributed by atoms with E-state index in [4.69, 9.17) is 14.6 Å². The third-order valence-electron chi connectivity index (χ3n) is 3.11. The first kappa shape index (κ1) is 14.4. The Morgan fingerprint density at radius 1 is 1.28 bits per heavy atom. The van der Waals surface area contributed by atoms with Gasteiger partial charge in [0, 0.05) is 11.5 Å². The van der Waals surface area contributed by atoms with E-state index >= 15 is 0 Å². The molecule has 0 aromatic heterocycles. The fraction of sp³-hybridized carbons (Fsp3) is 0.500. The van der Waals surface area contributed by atoms with Crippen LogP contribution < -0.4 is 9.47 Å². The van der Waals surface area contributed by atoms with Gasteiger partial charge in [-0.05, 0) is 24.1 Å². The van der Waals surface area contributed by atoms with Crippen molar-refractivity contribution in [2.24, 2.45) is 0 Å². The molecule has 0 aliphatic heterocycles. The van der Waals surface area contributed by atoms with Gasteiger partial charge in [0.25, 0.3) is 0 Å². The second-order valence-corrected chi connectivity index (χ2v) is 4.96. The first-order valence-corrected chi connectivity index (χ1v) is 5.76. The molecule has 1 aromatic carbocycles. The van der Waals surface area contributed by atoms with Crippen LogP contribution >= 0.6 is 0 Å².